The number of halogens is 3. The van der Waals surface area contributed by atoms with Crippen LogP contribution in [0.15, 0.2) is 146 Å². The summed E-state index contributed by atoms with van der Waals surface area (Å²) in [6.07, 6.45) is 5.07. The van der Waals surface area contributed by atoms with Crippen LogP contribution in [0, 0.1) is 51.5 Å². The number of aromatic nitrogens is 3. The molecule has 560 valence electrons. The Balaban J connectivity index is 0.000000151. The molecule has 14 rings (SSSR count). The van der Waals surface area contributed by atoms with Gasteiger partial charge in [-0.2, -0.15) is 0 Å². The third-order valence-corrected chi connectivity index (χ3v) is 21.1. The van der Waals surface area contributed by atoms with Crippen molar-refractivity contribution in [2.24, 2.45) is 39.7 Å². The fraction of sp³-hybridized carbons (Fsp3) is 0.362. The molecule has 0 spiro atoms. The fourth-order valence-corrected chi connectivity index (χ4v) is 14.8. The number of piperazine rings is 1. The number of para-hydroxylation sites is 3. The van der Waals surface area contributed by atoms with Crippen LogP contribution >= 0.6 is 0 Å². The number of hydrogen-bond donors (Lipinski definition) is 7. The highest BCUT2D eigenvalue weighted by Crippen LogP contribution is 2.58. The predicted molar refractivity (Wildman–Crippen MR) is 388 cm³/mol. The molecule has 24 nitrogen and oxygen atoms in total. The van der Waals surface area contributed by atoms with E-state index >= 15 is 8.78 Å². The van der Waals surface area contributed by atoms with E-state index in [1.165, 1.54) is 50.6 Å². The largest absolute Gasteiger partial charge is 0.486 e. The van der Waals surface area contributed by atoms with Gasteiger partial charge in [0.25, 0.3) is 0 Å². The van der Waals surface area contributed by atoms with Crippen molar-refractivity contribution in [1.82, 2.24) is 36.3 Å². The summed E-state index contributed by atoms with van der Waals surface area (Å²) in [6, 6.07) is 43.0. The van der Waals surface area contributed by atoms with E-state index in [2.05, 4.69) is 33.7 Å². The Morgan fingerprint density at radius 1 is 0.486 bits per heavy atom. The fourth-order valence-electron chi connectivity index (χ4n) is 14.8. The summed E-state index contributed by atoms with van der Waals surface area (Å²) in [7, 11) is 4.59. The molecule has 9 aromatic rings. The van der Waals surface area contributed by atoms with Gasteiger partial charge < -0.3 is 44.1 Å². The van der Waals surface area contributed by atoms with Gasteiger partial charge in [-0.1, -0.05) is 86.1 Å². The lowest BCUT2D eigenvalue weighted by molar-refractivity contribution is -0.150. The minimum absolute atomic E-state index is 0.0864. The summed E-state index contributed by atoms with van der Waals surface area (Å²) in [5.41, 5.74) is 14.8. The molecule has 2 aliphatic heterocycles. The molecule has 5 heterocycles. The van der Waals surface area contributed by atoms with E-state index in [0.717, 1.165) is 132 Å². The van der Waals surface area contributed by atoms with Crippen LogP contribution in [0.1, 0.15) is 84.5 Å². The van der Waals surface area contributed by atoms with Crippen LogP contribution in [0.25, 0.3) is 32.7 Å². The number of carbonyl (C=O) groups excluding carboxylic acids is 6. The average molecular weight is 1470 g/mol. The first-order chi connectivity index (χ1) is 51.7. The summed E-state index contributed by atoms with van der Waals surface area (Å²) in [5.74, 6) is -5.57. The number of nitrogens with one attached hydrogen (secondary N) is 3. The van der Waals surface area contributed by atoms with Crippen molar-refractivity contribution >= 4 is 79.9 Å². The summed E-state index contributed by atoms with van der Waals surface area (Å²) >= 11 is 0. The topological polar surface area (TPSA) is 320 Å². The number of hydroxylamine groups is 3. The van der Waals surface area contributed by atoms with Crippen LogP contribution in [0.5, 0.6) is 17.2 Å². The molecular weight excluding hydrogens is 1380 g/mol. The summed E-state index contributed by atoms with van der Waals surface area (Å²) < 4.78 is 72.3. The molecular formula is C80H85F3N10O14. The number of aryl methyl sites for hydroxylation is 1. The number of nitrogens with zero attached hydrogens (tertiary/aromatic N) is 6. The van der Waals surface area contributed by atoms with E-state index in [-0.39, 0.29) is 75.6 Å². The predicted octanol–water partition coefficient (Wildman–Crippen LogP) is 10.2. The molecule has 3 saturated carbocycles. The van der Waals surface area contributed by atoms with Crippen LogP contribution in [0.2, 0.25) is 0 Å². The van der Waals surface area contributed by atoms with Crippen molar-refractivity contribution in [2.45, 2.75) is 91.0 Å². The monoisotopic (exact) mass is 1470 g/mol. The number of amides is 4. The van der Waals surface area contributed by atoms with Crippen molar-refractivity contribution in [3.05, 3.63) is 202 Å². The Bertz CT molecular complexity index is 4830. The molecule has 4 amide bonds. The van der Waals surface area contributed by atoms with Crippen molar-refractivity contribution < 1.29 is 81.2 Å². The van der Waals surface area contributed by atoms with Gasteiger partial charge in [-0.15, -0.1) is 0 Å². The summed E-state index contributed by atoms with van der Waals surface area (Å²) in [4.78, 5) is 93.3. The first-order valence-electron chi connectivity index (χ1n) is 35.5. The number of esters is 2. The molecule has 107 heavy (non-hydrogen) atoms. The van der Waals surface area contributed by atoms with Gasteiger partial charge in [-0.3, -0.25) is 49.4 Å². The van der Waals surface area contributed by atoms with Crippen LogP contribution in [-0.2, 0) is 83.7 Å². The van der Waals surface area contributed by atoms with Gasteiger partial charge in [-0.05, 0) is 154 Å². The van der Waals surface area contributed by atoms with Gasteiger partial charge in [0, 0.05) is 77.8 Å². The molecule has 5 aliphatic rings. The van der Waals surface area contributed by atoms with E-state index < -0.39 is 87.0 Å². The number of hydrogen-bond acceptors (Lipinski definition) is 20. The van der Waals surface area contributed by atoms with Gasteiger partial charge in [0.05, 0.1) is 64.8 Å². The molecule has 0 bridgehead atoms. The molecule has 2 saturated heterocycles. The Morgan fingerprint density at radius 2 is 0.841 bits per heavy atom. The zero-order chi connectivity index (χ0) is 75.7. The minimum Gasteiger partial charge on any atom is -0.486 e. The number of ether oxygens (including phenoxy) is 5. The number of pyridine rings is 3. The number of anilines is 2. The van der Waals surface area contributed by atoms with E-state index in [1.54, 1.807) is 34.6 Å². The standard InChI is InChI=1S/C28H31FN4O5.C27H28FN3O5.C25H26FN3O4/c1-32-9-11-33(12-10-32)25-14-19(20-5-3-4-6-23(20)30-25)17-38-24-8-7-18(13-22(24)29)15-28(27(35)37-2)16-21(28)26(34)31-36;1-35-26(33)27(15-20(27)25(32)30-34)14-17-8-9-23(21(28)12-17)36-16-18-13-24(31-10-4-5-11-31)29-22-7-3-2-6-19(18)22;1-2-5-17-11-16(18-6-3-4-7-21(18)28-17)14-33-22-9-8-15(10-20(22)26)12-25(24(27)31)13-19(25)23(30)29-32/h3-8,13-14,21,36H,9-12,15-17H2,1-2H3,(H,31,34);2-3,6-9,12-13,20,34H,4-5,10-11,14-16H2,1H3,(H,30,32);3-4,6-11,19,32H,2,5,12-14H2,1H3,(H2,27,31)(H,29,30)/t21-,28+;20-,27+;19-,25+/m111/s1. The third-order valence-electron chi connectivity index (χ3n) is 21.1. The molecule has 6 atom stereocenters. The molecule has 3 aliphatic carbocycles. The maximum absolute atomic E-state index is 15.1. The molecule has 8 N–H and O–H groups in total. The number of nitrogens with two attached hydrogens (primary N) is 1. The van der Waals surface area contributed by atoms with E-state index in [9.17, 15) is 33.2 Å². The lowest BCUT2D eigenvalue weighted by atomic mass is 9.92. The minimum atomic E-state index is -1.12. The van der Waals surface area contributed by atoms with Gasteiger partial charge in [0.1, 0.15) is 31.5 Å². The smallest absolute Gasteiger partial charge is 0.312 e. The Morgan fingerprint density at radius 3 is 1.21 bits per heavy atom. The highest BCUT2D eigenvalue weighted by atomic mass is 19.1. The maximum atomic E-state index is 15.1. The van der Waals surface area contributed by atoms with Gasteiger partial charge >= 0.3 is 11.9 Å². The molecule has 3 aromatic heterocycles. The Hall–Kier alpha value is -11.0. The zero-order valence-corrected chi connectivity index (χ0v) is 59.8. The normalized spacial score (nSPS) is 20.5. The first-order valence-corrected chi connectivity index (χ1v) is 35.5. The van der Waals surface area contributed by atoms with Crippen molar-refractivity contribution in [3.8, 4) is 17.2 Å². The summed E-state index contributed by atoms with van der Waals surface area (Å²) in [6.45, 7) is 8.22. The lowest BCUT2D eigenvalue weighted by Crippen LogP contribution is -2.44. The first kappa shape index (κ1) is 75.7. The van der Waals surface area contributed by atoms with E-state index in [1.807, 2.05) is 91.0 Å². The van der Waals surface area contributed by atoms with E-state index in [0.29, 0.717) is 16.7 Å². The molecule has 6 aromatic carbocycles. The van der Waals surface area contributed by atoms with Crippen LogP contribution in [0.4, 0.5) is 24.8 Å². The number of likely N-dealkylation sites (N-methyl/N-ethyl adjacent to an activating group) is 1. The number of carbonyl (C=O) groups is 6. The second-order valence-electron chi connectivity index (χ2n) is 28.0. The van der Waals surface area contributed by atoms with Crippen LogP contribution in [0.3, 0.4) is 0 Å². The molecule has 27 heteroatoms. The van der Waals surface area contributed by atoms with Gasteiger partial charge in [0.2, 0.25) is 23.6 Å². The molecule has 0 unspecified atom stereocenters. The maximum Gasteiger partial charge on any atom is 0.312 e. The van der Waals surface area contributed by atoms with Crippen LogP contribution in [-0.4, -0.2) is 132 Å². The van der Waals surface area contributed by atoms with Crippen molar-refractivity contribution in [3.63, 3.8) is 0 Å². The number of rotatable bonds is 25. The second kappa shape index (κ2) is 32.8. The number of primary amides is 1. The van der Waals surface area contributed by atoms with Crippen molar-refractivity contribution in [1.29, 1.82) is 0 Å². The zero-order valence-electron chi connectivity index (χ0n) is 59.8. The Labute approximate surface area is 615 Å². The molecule has 5 fully saturated rings. The van der Waals surface area contributed by atoms with Crippen LogP contribution < -0.4 is 46.2 Å². The quantitative estimate of drug-likeness (QED) is 0.0159. The number of benzene rings is 6. The SMILES string of the molecule is CCCc1cc(COc2ccc(C[C@]3(C(N)=O)C[C@@H]3C(=O)NO)cc2F)c2ccccc2n1.COC(=O)[C@@]1(Cc2ccc(OCc3cc(N4CCCC4)nc4ccccc34)c(F)c2)C[C@@H]1C(=O)NO.COC(=O)[C@@]1(Cc2ccc(OCc3cc(N4CCN(C)CC4)nc4ccccc34)c(F)c2)C[C@@H]1C(=O)NO. The summed E-state index contributed by atoms with van der Waals surface area (Å²) in [5, 5.41) is 29.6. The Kier molecular flexibility index (Phi) is 23.2. The lowest BCUT2D eigenvalue weighted by Gasteiger charge is -2.33. The van der Waals surface area contributed by atoms with Gasteiger partial charge in [0.15, 0.2) is 34.7 Å². The number of fused-ring (bicyclic) bond motifs is 3. The average Bonchev–Trinajstić information content (AvgIpc) is 1.58. The second-order valence-corrected chi connectivity index (χ2v) is 28.0. The van der Waals surface area contributed by atoms with Gasteiger partial charge in [-0.25, -0.2) is 39.6 Å². The van der Waals surface area contributed by atoms with E-state index in [4.69, 9.17) is 55.0 Å². The number of methoxy groups -OCH3 is 2. The highest BCUT2D eigenvalue weighted by molar-refractivity contribution is 5.96. The van der Waals surface area contributed by atoms with Crippen molar-refractivity contribution in [2.75, 3.05) is 70.3 Å². The highest BCUT2D eigenvalue weighted by Gasteiger charge is 2.66. The third kappa shape index (κ3) is 16.7. The molecule has 0 radical (unpaired) electrons.